The number of rotatable bonds is 2. The van der Waals surface area contributed by atoms with Gasteiger partial charge in [0.05, 0.1) is 5.69 Å². The van der Waals surface area contributed by atoms with E-state index in [2.05, 4.69) is 5.10 Å². The molecule has 0 unspecified atom stereocenters. The van der Waals surface area contributed by atoms with Gasteiger partial charge in [-0.15, -0.1) is 0 Å². The molecule has 1 aromatic heterocycles. The van der Waals surface area contributed by atoms with Crippen LogP contribution in [0.25, 0.3) is 5.69 Å². The van der Waals surface area contributed by atoms with E-state index in [4.69, 9.17) is 16.7 Å². The summed E-state index contributed by atoms with van der Waals surface area (Å²) in [7, 11) is 0. The summed E-state index contributed by atoms with van der Waals surface area (Å²) in [5.74, 6) is -1.35. The first-order valence-corrected chi connectivity index (χ1v) is 5.46. The van der Waals surface area contributed by atoms with E-state index in [9.17, 15) is 9.59 Å². The first-order valence-electron chi connectivity index (χ1n) is 5.09. The van der Waals surface area contributed by atoms with Gasteiger partial charge in [-0.3, -0.25) is 4.79 Å². The maximum Gasteiger partial charge on any atom is 0.360 e. The SMILES string of the molecule is Cc1cc(Cl)ccc1-n1ccc(=O)c(C(=O)O)n1. The van der Waals surface area contributed by atoms with Crippen LogP contribution in [0.4, 0.5) is 0 Å². The highest BCUT2D eigenvalue weighted by molar-refractivity contribution is 6.30. The molecule has 0 fully saturated rings. The lowest BCUT2D eigenvalue weighted by Gasteiger charge is -2.09. The summed E-state index contributed by atoms with van der Waals surface area (Å²) in [4.78, 5) is 22.2. The van der Waals surface area contributed by atoms with Gasteiger partial charge in [0.1, 0.15) is 0 Å². The van der Waals surface area contributed by atoms with Crippen LogP contribution in [0.2, 0.25) is 5.02 Å². The van der Waals surface area contributed by atoms with E-state index in [1.54, 1.807) is 18.2 Å². The van der Waals surface area contributed by atoms with Crippen LogP contribution in [-0.4, -0.2) is 20.9 Å². The maximum atomic E-state index is 11.3. The number of hydrogen-bond donors (Lipinski definition) is 1. The van der Waals surface area contributed by atoms with E-state index >= 15 is 0 Å². The molecule has 0 amide bonds. The number of aromatic carboxylic acids is 1. The van der Waals surface area contributed by atoms with Crippen molar-refractivity contribution in [1.29, 1.82) is 0 Å². The van der Waals surface area contributed by atoms with Crippen LogP contribution in [0, 0.1) is 6.92 Å². The summed E-state index contributed by atoms with van der Waals surface area (Å²) in [6, 6.07) is 6.28. The second-order valence-electron chi connectivity index (χ2n) is 3.71. The van der Waals surface area contributed by atoms with Gasteiger partial charge >= 0.3 is 5.97 Å². The van der Waals surface area contributed by atoms with Gasteiger partial charge in [0, 0.05) is 17.3 Å². The van der Waals surface area contributed by atoms with Gasteiger partial charge in [-0.05, 0) is 30.7 Å². The third-order valence-electron chi connectivity index (χ3n) is 2.42. The third kappa shape index (κ3) is 2.26. The van der Waals surface area contributed by atoms with Crippen LogP contribution in [0.15, 0.2) is 35.3 Å². The zero-order valence-electron chi connectivity index (χ0n) is 9.42. The minimum Gasteiger partial charge on any atom is -0.476 e. The second kappa shape index (κ2) is 4.62. The van der Waals surface area contributed by atoms with Gasteiger partial charge in [0.15, 0.2) is 0 Å². The molecular weight excluding hydrogens is 256 g/mol. The number of carbonyl (C=O) groups is 1. The van der Waals surface area contributed by atoms with Crippen molar-refractivity contribution in [1.82, 2.24) is 9.78 Å². The Bertz CT molecular complexity index is 679. The Morgan fingerprint density at radius 1 is 1.39 bits per heavy atom. The fourth-order valence-electron chi connectivity index (χ4n) is 1.57. The van der Waals surface area contributed by atoms with Crippen LogP contribution in [0.1, 0.15) is 16.1 Å². The summed E-state index contributed by atoms with van der Waals surface area (Å²) in [5, 5.41) is 13.2. The van der Waals surface area contributed by atoms with Crippen LogP contribution in [0.3, 0.4) is 0 Å². The van der Waals surface area contributed by atoms with Gasteiger partial charge in [-0.1, -0.05) is 11.6 Å². The molecular formula is C12H9ClN2O3. The van der Waals surface area contributed by atoms with E-state index in [0.717, 1.165) is 5.56 Å². The average molecular weight is 265 g/mol. The Morgan fingerprint density at radius 3 is 2.72 bits per heavy atom. The van der Waals surface area contributed by atoms with Gasteiger partial charge in [-0.2, -0.15) is 5.10 Å². The molecule has 0 radical (unpaired) electrons. The number of benzene rings is 1. The van der Waals surface area contributed by atoms with Gasteiger partial charge < -0.3 is 5.11 Å². The molecule has 2 rings (SSSR count). The Labute approximate surface area is 107 Å². The first kappa shape index (κ1) is 12.3. The Kier molecular flexibility index (Phi) is 3.16. The third-order valence-corrected chi connectivity index (χ3v) is 2.65. The van der Waals surface area contributed by atoms with Crippen LogP contribution < -0.4 is 5.43 Å². The smallest absolute Gasteiger partial charge is 0.360 e. The number of carboxylic acids is 1. The Hall–Kier alpha value is -2.14. The lowest BCUT2D eigenvalue weighted by atomic mass is 10.2. The van der Waals surface area contributed by atoms with Gasteiger partial charge in [0.2, 0.25) is 11.1 Å². The number of hydrogen-bond acceptors (Lipinski definition) is 3. The van der Waals surface area contributed by atoms with Crippen LogP contribution in [-0.2, 0) is 0 Å². The van der Waals surface area contributed by atoms with Crippen molar-refractivity contribution in [2.45, 2.75) is 6.92 Å². The van der Waals surface area contributed by atoms with Crippen LogP contribution in [0.5, 0.6) is 0 Å². The molecule has 0 aliphatic carbocycles. The van der Waals surface area contributed by atoms with Crippen molar-refractivity contribution in [2.24, 2.45) is 0 Å². The molecule has 0 atom stereocenters. The summed E-state index contributed by atoms with van der Waals surface area (Å²) >= 11 is 5.84. The monoisotopic (exact) mass is 264 g/mol. The average Bonchev–Trinajstić information content (AvgIpc) is 2.30. The number of aryl methyl sites for hydroxylation is 1. The van der Waals surface area contributed by atoms with Crippen molar-refractivity contribution in [3.63, 3.8) is 0 Å². The fourth-order valence-corrected chi connectivity index (χ4v) is 1.79. The number of aromatic nitrogens is 2. The molecule has 0 saturated heterocycles. The molecule has 92 valence electrons. The van der Waals surface area contributed by atoms with Crippen molar-refractivity contribution in [2.75, 3.05) is 0 Å². The Morgan fingerprint density at radius 2 is 2.11 bits per heavy atom. The molecule has 1 N–H and O–H groups in total. The standard InChI is InChI=1S/C12H9ClN2O3/c1-7-6-8(13)2-3-9(7)15-5-4-10(16)11(14-15)12(17)18/h2-6H,1H3,(H,17,18). The molecule has 0 aliphatic heterocycles. The highest BCUT2D eigenvalue weighted by atomic mass is 35.5. The molecule has 1 heterocycles. The topological polar surface area (TPSA) is 72.2 Å². The molecule has 0 saturated carbocycles. The number of carboxylic acid groups (broad SMARTS) is 1. The van der Waals surface area contributed by atoms with E-state index in [1.807, 2.05) is 6.92 Å². The number of nitrogens with zero attached hydrogens (tertiary/aromatic N) is 2. The first-order chi connectivity index (χ1) is 8.49. The minimum absolute atomic E-state index is 0.508. The minimum atomic E-state index is -1.35. The molecule has 2 aromatic rings. The van der Waals surface area contributed by atoms with E-state index in [1.165, 1.54) is 16.9 Å². The largest absolute Gasteiger partial charge is 0.476 e. The summed E-state index contributed by atoms with van der Waals surface area (Å²) in [6.07, 6.45) is 1.42. The molecule has 1 aromatic carbocycles. The maximum absolute atomic E-state index is 11.3. The van der Waals surface area contributed by atoms with Crippen LogP contribution >= 0.6 is 11.6 Å². The molecule has 0 aliphatic rings. The molecule has 0 bridgehead atoms. The summed E-state index contributed by atoms with van der Waals surface area (Å²) in [6.45, 7) is 1.82. The molecule has 18 heavy (non-hydrogen) atoms. The van der Waals surface area contributed by atoms with Gasteiger partial charge in [0.25, 0.3) is 0 Å². The normalized spacial score (nSPS) is 10.3. The fraction of sp³-hybridized carbons (Fsp3) is 0.0833. The summed E-state index contributed by atoms with van der Waals surface area (Å²) < 4.78 is 1.34. The molecule has 0 spiro atoms. The van der Waals surface area contributed by atoms with Gasteiger partial charge in [-0.25, -0.2) is 9.48 Å². The summed E-state index contributed by atoms with van der Waals surface area (Å²) in [5.41, 5.74) is 0.370. The lowest BCUT2D eigenvalue weighted by molar-refractivity contribution is 0.0687. The molecule has 5 nitrogen and oxygen atoms in total. The zero-order valence-corrected chi connectivity index (χ0v) is 10.2. The Balaban J connectivity index is 2.61. The second-order valence-corrected chi connectivity index (χ2v) is 4.15. The highest BCUT2D eigenvalue weighted by Gasteiger charge is 2.12. The molecule has 6 heteroatoms. The highest BCUT2D eigenvalue weighted by Crippen LogP contribution is 2.17. The van der Waals surface area contributed by atoms with E-state index < -0.39 is 17.1 Å². The van der Waals surface area contributed by atoms with E-state index in [-0.39, 0.29) is 0 Å². The van der Waals surface area contributed by atoms with Crippen molar-refractivity contribution in [3.8, 4) is 5.69 Å². The zero-order chi connectivity index (χ0) is 13.3. The number of halogens is 1. The van der Waals surface area contributed by atoms with Crippen molar-refractivity contribution >= 4 is 17.6 Å². The quantitative estimate of drug-likeness (QED) is 0.899. The van der Waals surface area contributed by atoms with Crippen molar-refractivity contribution < 1.29 is 9.90 Å². The lowest BCUT2D eigenvalue weighted by Crippen LogP contribution is -2.20. The van der Waals surface area contributed by atoms with E-state index in [0.29, 0.717) is 10.7 Å². The van der Waals surface area contributed by atoms with Crippen molar-refractivity contribution in [3.05, 3.63) is 57.0 Å². The predicted octanol–water partition coefficient (Wildman–Crippen LogP) is 1.89. The predicted molar refractivity (Wildman–Crippen MR) is 66.5 cm³/mol.